The Kier molecular flexibility index (Phi) is 4.31. The summed E-state index contributed by atoms with van der Waals surface area (Å²) in [7, 11) is 0. The van der Waals surface area contributed by atoms with Crippen molar-refractivity contribution in [3.05, 3.63) is 63.6 Å². The number of benzene rings is 1. The first kappa shape index (κ1) is 16.6. The molecule has 1 N–H and O–H groups in total. The van der Waals surface area contributed by atoms with Crippen LogP contribution in [0.5, 0.6) is 0 Å². The van der Waals surface area contributed by atoms with Crippen molar-refractivity contribution in [2.24, 2.45) is 0 Å². The van der Waals surface area contributed by atoms with Gasteiger partial charge in [-0.25, -0.2) is 14.4 Å². The van der Waals surface area contributed by atoms with E-state index >= 15 is 0 Å². The molecule has 0 atom stereocenters. The third-order valence-corrected chi connectivity index (χ3v) is 5.27. The highest BCUT2D eigenvalue weighted by Gasteiger charge is 2.12. The topological polar surface area (TPSA) is 76.9 Å². The number of carbonyl (C=O) groups is 1. The number of fused-ring (bicyclic) bond motifs is 1. The van der Waals surface area contributed by atoms with Gasteiger partial charge in [0.1, 0.15) is 12.4 Å². The van der Waals surface area contributed by atoms with E-state index in [0.717, 1.165) is 21.2 Å². The quantitative estimate of drug-likeness (QED) is 0.583. The Labute approximate surface area is 154 Å². The fourth-order valence-corrected chi connectivity index (χ4v) is 3.91. The Morgan fingerprint density at radius 3 is 2.96 bits per heavy atom. The highest BCUT2D eigenvalue weighted by molar-refractivity contribution is 7.16. The Bertz CT molecular complexity index is 1150. The molecule has 0 aliphatic heterocycles. The van der Waals surface area contributed by atoms with E-state index in [9.17, 15) is 14.0 Å². The molecule has 0 aliphatic carbocycles. The van der Waals surface area contributed by atoms with Crippen LogP contribution in [0, 0.1) is 5.82 Å². The third kappa shape index (κ3) is 3.26. The highest BCUT2D eigenvalue weighted by atomic mass is 32.1. The van der Waals surface area contributed by atoms with E-state index in [1.807, 2.05) is 22.9 Å². The third-order valence-electron chi connectivity index (χ3n) is 3.62. The fourth-order valence-electron chi connectivity index (χ4n) is 2.43. The number of halogens is 1. The van der Waals surface area contributed by atoms with Gasteiger partial charge >= 0.3 is 0 Å². The van der Waals surface area contributed by atoms with E-state index in [4.69, 9.17) is 0 Å². The molecule has 0 saturated carbocycles. The van der Waals surface area contributed by atoms with Gasteiger partial charge in [-0.3, -0.25) is 14.2 Å². The van der Waals surface area contributed by atoms with Crippen molar-refractivity contribution in [2.75, 3.05) is 5.32 Å². The average molecular weight is 386 g/mol. The van der Waals surface area contributed by atoms with Crippen molar-refractivity contribution in [1.82, 2.24) is 14.5 Å². The zero-order chi connectivity index (χ0) is 18.1. The van der Waals surface area contributed by atoms with Crippen molar-refractivity contribution >= 4 is 44.6 Å². The Balaban J connectivity index is 1.52. The predicted molar refractivity (Wildman–Crippen MR) is 100 cm³/mol. The number of amides is 1. The summed E-state index contributed by atoms with van der Waals surface area (Å²) in [5.41, 5.74) is 0.706. The van der Waals surface area contributed by atoms with Crippen LogP contribution in [-0.2, 0) is 11.3 Å². The zero-order valence-electron chi connectivity index (χ0n) is 13.2. The number of thiophene rings is 1. The number of hydrogen-bond donors (Lipinski definition) is 1. The molecule has 1 amide bonds. The lowest BCUT2D eigenvalue weighted by Crippen LogP contribution is -2.27. The normalized spacial score (nSPS) is 11.0. The van der Waals surface area contributed by atoms with Gasteiger partial charge in [0.25, 0.3) is 5.56 Å². The fraction of sp³-hybridized carbons (Fsp3) is 0.0588. The summed E-state index contributed by atoms with van der Waals surface area (Å²) in [5.74, 6) is -0.931. The second kappa shape index (κ2) is 6.77. The summed E-state index contributed by atoms with van der Waals surface area (Å²) in [4.78, 5) is 34.1. The molecule has 4 aromatic rings. The van der Waals surface area contributed by atoms with Crippen molar-refractivity contribution in [3.8, 4) is 10.6 Å². The number of hydrogen-bond acceptors (Lipinski definition) is 6. The molecule has 130 valence electrons. The first-order valence-electron chi connectivity index (χ1n) is 7.54. The number of aromatic nitrogens is 3. The molecule has 0 spiro atoms. The Morgan fingerprint density at radius 2 is 2.15 bits per heavy atom. The largest absolute Gasteiger partial charge is 0.300 e. The van der Waals surface area contributed by atoms with Crippen molar-refractivity contribution in [2.45, 2.75) is 6.54 Å². The van der Waals surface area contributed by atoms with Gasteiger partial charge in [0, 0.05) is 5.38 Å². The minimum Gasteiger partial charge on any atom is -0.300 e. The van der Waals surface area contributed by atoms with Crippen LogP contribution < -0.4 is 10.9 Å². The van der Waals surface area contributed by atoms with Gasteiger partial charge in [0.2, 0.25) is 5.91 Å². The second-order valence-electron chi connectivity index (χ2n) is 5.40. The summed E-state index contributed by atoms with van der Waals surface area (Å²) in [6.07, 6.45) is 1.28. The van der Waals surface area contributed by atoms with Gasteiger partial charge in [0.05, 0.1) is 27.8 Å². The van der Waals surface area contributed by atoms with E-state index in [-0.39, 0.29) is 11.9 Å². The van der Waals surface area contributed by atoms with Crippen LogP contribution in [0.25, 0.3) is 21.5 Å². The lowest BCUT2D eigenvalue weighted by molar-refractivity contribution is -0.116. The molecule has 3 aromatic heterocycles. The van der Waals surface area contributed by atoms with Gasteiger partial charge in [-0.2, -0.15) is 0 Å². The molecule has 0 aliphatic rings. The van der Waals surface area contributed by atoms with Crippen molar-refractivity contribution < 1.29 is 9.18 Å². The molecular weight excluding hydrogens is 375 g/mol. The highest BCUT2D eigenvalue weighted by Crippen LogP contribution is 2.28. The zero-order valence-corrected chi connectivity index (χ0v) is 14.8. The van der Waals surface area contributed by atoms with Crippen molar-refractivity contribution in [1.29, 1.82) is 0 Å². The number of nitrogens with zero attached hydrogens (tertiary/aromatic N) is 3. The molecule has 9 heteroatoms. The van der Waals surface area contributed by atoms with Gasteiger partial charge in [-0.15, -0.1) is 22.7 Å². The number of anilines is 1. The van der Waals surface area contributed by atoms with Crippen LogP contribution >= 0.6 is 22.7 Å². The van der Waals surface area contributed by atoms with E-state index in [1.165, 1.54) is 29.8 Å². The smallest absolute Gasteiger partial charge is 0.261 e. The van der Waals surface area contributed by atoms with Gasteiger partial charge in [0.15, 0.2) is 5.13 Å². The predicted octanol–water partition coefficient (Wildman–Crippen LogP) is 3.36. The second-order valence-corrected chi connectivity index (χ2v) is 7.21. The van der Waals surface area contributed by atoms with E-state index in [1.54, 1.807) is 11.3 Å². The van der Waals surface area contributed by atoms with Gasteiger partial charge in [-0.1, -0.05) is 6.07 Å². The monoisotopic (exact) mass is 386 g/mol. The van der Waals surface area contributed by atoms with Crippen LogP contribution in [0.4, 0.5) is 9.52 Å². The van der Waals surface area contributed by atoms with Crippen LogP contribution in [-0.4, -0.2) is 20.4 Å². The first-order chi connectivity index (χ1) is 12.6. The maximum atomic E-state index is 13.4. The van der Waals surface area contributed by atoms with Crippen LogP contribution in [0.1, 0.15) is 0 Å². The summed E-state index contributed by atoms with van der Waals surface area (Å²) in [6.45, 7) is -0.230. The van der Waals surface area contributed by atoms with Crippen LogP contribution in [0.15, 0.2) is 52.2 Å². The van der Waals surface area contributed by atoms with E-state index in [2.05, 4.69) is 15.3 Å². The van der Waals surface area contributed by atoms with Crippen LogP contribution in [0.3, 0.4) is 0 Å². The Morgan fingerprint density at radius 1 is 1.27 bits per heavy atom. The molecule has 3 heterocycles. The van der Waals surface area contributed by atoms with Gasteiger partial charge < -0.3 is 5.32 Å². The minimum absolute atomic E-state index is 0.134. The number of rotatable bonds is 4. The van der Waals surface area contributed by atoms with E-state index < -0.39 is 17.3 Å². The molecule has 6 nitrogen and oxygen atoms in total. The summed E-state index contributed by atoms with van der Waals surface area (Å²) in [6, 6.07) is 7.66. The molecule has 26 heavy (non-hydrogen) atoms. The number of nitrogens with one attached hydrogen (secondary N) is 1. The molecule has 4 rings (SSSR count). The van der Waals surface area contributed by atoms with E-state index in [0.29, 0.717) is 10.6 Å². The van der Waals surface area contributed by atoms with Crippen LogP contribution in [0.2, 0.25) is 0 Å². The molecular formula is C17H11FN4O2S2. The number of carbonyl (C=O) groups excluding carboxylic acids is 1. The first-order valence-corrected chi connectivity index (χ1v) is 9.30. The van der Waals surface area contributed by atoms with Gasteiger partial charge in [-0.05, 0) is 29.6 Å². The standard InChI is InChI=1S/C17H11FN4O2S2/c18-10-3-4-12-11(6-10)16(24)22(9-19-12)7-15(23)21-17-20-13(8-26-17)14-2-1-5-25-14/h1-6,8-9H,7H2,(H,20,21,23). The lowest BCUT2D eigenvalue weighted by atomic mass is 10.2. The molecule has 0 unspecified atom stereocenters. The lowest BCUT2D eigenvalue weighted by Gasteiger charge is -2.06. The summed E-state index contributed by atoms with van der Waals surface area (Å²) < 4.78 is 14.5. The maximum Gasteiger partial charge on any atom is 0.261 e. The molecule has 0 radical (unpaired) electrons. The van der Waals surface area contributed by atoms with Crippen molar-refractivity contribution in [3.63, 3.8) is 0 Å². The summed E-state index contributed by atoms with van der Waals surface area (Å²) >= 11 is 2.87. The molecule has 0 bridgehead atoms. The maximum absolute atomic E-state index is 13.4. The summed E-state index contributed by atoms with van der Waals surface area (Å²) in [5, 5.41) is 7.06. The average Bonchev–Trinajstić information content (AvgIpc) is 3.29. The molecule has 0 saturated heterocycles. The molecule has 0 fully saturated rings. The molecule has 1 aromatic carbocycles. The minimum atomic E-state index is -0.525. The number of thiazole rings is 1. The Hall–Kier alpha value is -2.91. The SMILES string of the molecule is O=C(Cn1cnc2ccc(F)cc2c1=O)Nc1nc(-c2cccs2)cs1.